The molecule has 0 aromatic heterocycles. The second kappa shape index (κ2) is 7.65. The van der Waals surface area contributed by atoms with Gasteiger partial charge in [-0.1, -0.05) is 19.1 Å². The van der Waals surface area contributed by atoms with Crippen LogP contribution in [0.2, 0.25) is 0 Å². The van der Waals surface area contributed by atoms with Crippen molar-refractivity contribution in [3.05, 3.63) is 29.8 Å². The third-order valence-corrected chi connectivity index (χ3v) is 4.34. The zero-order chi connectivity index (χ0) is 14.4. The monoisotopic (exact) mass is 276 g/mol. The second-order valence-electron chi connectivity index (χ2n) is 5.88. The molecule has 2 atom stereocenters. The maximum Gasteiger partial charge on any atom is 0.119 e. The van der Waals surface area contributed by atoms with Gasteiger partial charge in [-0.15, -0.1) is 0 Å². The predicted octanol–water partition coefficient (Wildman–Crippen LogP) is 2.91. The van der Waals surface area contributed by atoms with Crippen LogP contribution in [-0.2, 0) is 6.54 Å². The van der Waals surface area contributed by atoms with E-state index >= 15 is 0 Å². The molecule has 0 spiro atoms. The average Bonchev–Trinajstić information content (AvgIpc) is 2.42. The van der Waals surface area contributed by atoms with Gasteiger partial charge < -0.3 is 10.1 Å². The highest BCUT2D eigenvalue weighted by atomic mass is 16.5. The third-order valence-electron chi connectivity index (χ3n) is 4.34. The fourth-order valence-electron chi connectivity index (χ4n) is 3.01. The van der Waals surface area contributed by atoms with Crippen LogP contribution in [0.15, 0.2) is 24.3 Å². The summed E-state index contributed by atoms with van der Waals surface area (Å²) in [7, 11) is 3.97. The third kappa shape index (κ3) is 3.97. The molecule has 0 saturated heterocycles. The summed E-state index contributed by atoms with van der Waals surface area (Å²) >= 11 is 0. The Morgan fingerprint density at radius 1 is 1.35 bits per heavy atom. The number of rotatable bonds is 8. The molecule has 1 aromatic carbocycles. The van der Waals surface area contributed by atoms with E-state index in [1.807, 2.05) is 6.07 Å². The quantitative estimate of drug-likeness (QED) is 0.739. The first kappa shape index (κ1) is 15.3. The van der Waals surface area contributed by atoms with Gasteiger partial charge in [-0.05, 0) is 63.0 Å². The topological polar surface area (TPSA) is 24.5 Å². The van der Waals surface area contributed by atoms with E-state index in [1.54, 1.807) is 7.11 Å². The molecule has 1 aromatic rings. The van der Waals surface area contributed by atoms with Crippen LogP contribution in [0.4, 0.5) is 0 Å². The average molecular weight is 276 g/mol. The number of methoxy groups -OCH3 is 1. The van der Waals surface area contributed by atoms with E-state index in [4.69, 9.17) is 4.74 Å². The molecular formula is C17H28N2O. The van der Waals surface area contributed by atoms with Gasteiger partial charge in [0, 0.05) is 12.6 Å². The maximum absolute atomic E-state index is 5.30. The van der Waals surface area contributed by atoms with Gasteiger partial charge in [0.1, 0.15) is 5.75 Å². The van der Waals surface area contributed by atoms with Crippen molar-refractivity contribution in [3.63, 3.8) is 0 Å². The Bertz CT molecular complexity index is 408. The summed E-state index contributed by atoms with van der Waals surface area (Å²) in [6, 6.07) is 9.13. The number of nitrogens with zero attached hydrogens (tertiary/aromatic N) is 1. The van der Waals surface area contributed by atoms with Gasteiger partial charge in [0.05, 0.1) is 7.11 Å². The summed E-state index contributed by atoms with van der Waals surface area (Å²) in [6.45, 7) is 5.54. The Morgan fingerprint density at radius 3 is 2.85 bits per heavy atom. The molecule has 3 heteroatoms. The van der Waals surface area contributed by atoms with E-state index in [9.17, 15) is 0 Å². The first-order chi connectivity index (χ1) is 9.74. The Morgan fingerprint density at radius 2 is 2.20 bits per heavy atom. The number of nitrogens with one attached hydrogen (secondary N) is 1. The van der Waals surface area contributed by atoms with Crippen LogP contribution in [0.3, 0.4) is 0 Å². The molecule has 20 heavy (non-hydrogen) atoms. The van der Waals surface area contributed by atoms with Crippen LogP contribution in [-0.4, -0.2) is 38.2 Å². The molecule has 1 aliphatic rings. The van der Waals surface area contributed by atoms with Crippen LogP contribution < -0.4 is 10.1 Å². The van der Waals surface area contributed by atoms with Crippen LogP contribution >= 0.6 is 0 Å². The molecule has 1 saturated carbocycles. The molecular weight excluding hydrogens is 248 g/mol. The highest BCUT2D eigenvalue weighted by Crippen LogP contribution is 2.32. The van der Waals surface area contributed by atoms with Crippen molar-refractivity contribution in [3.8, 4) is 5.75 Å². The maximum atomic E-state index is 5.30. The Kier molecular flexibility index (Phi) is 5.86. The Balaban J connectivity index is 1.83. The Hall–Kier alpha value is -1.06. The number of hydrogen-bond acceptors (Lipinski definition) is 3. The largest absolute Gasteiger partial charge is 0.497 e. The summed E-state index contributed by atoms with van der Waals surface area (Å²) in [5.41, 5.74) is 1.33. The second-order valence-corrected chi connectivity index (χ2v) is 5.88. The van der Waals surface area contributed by atoms with Crippen LogP contribution in [0.1, 0.15) is 31.7 Å². The fraction of sp³-hybridized carbons (Fsp3) is 0.647. The van der Waals surface area contributed by atoms with E-state index in [-0.39, 0.29) is 0 Å². The minimum absolute atomic E-state index is 0.727. The minimum atomic E-state index is 0.727. The summed E-state index contributed by atoms with van der Waals surface area (Å²) in [5.74, 6) is 1.77. The Labute approximate surface area is 123 Å². The van der Waals surface area contributed by atoms with Gasteiger partial charge in [0.15, 0.2) is 0 Å². The van der Waals surface area contributed by atoms with E-state index in [0.29, 0.717) is 0 Å². The molecule has 1 N–H and O–H groups in total. The summed E-state index contributed by atoms with van der Waals surface area (Å²) in [4.78, 5) is 2.50. The number of ether oxygens (including phenoxy) is 1. The zero-order valence-electron chi connectivity index (χ0n) is 13.1. The lowest BCUT2D eigenvalue weighted by molar-refractivity contribution is 0.0781. The molecule has 1 aliphatic carbocycles. The van der Waals surface area contributed by atoms with Crippen molar-refractivity contribution in [2.75, 3.05) is 27.2 Å². The van der Waals surface area contributed by atoms with Crippen molar-refractivity contribution in [1.29, 1.82) is 0 Å². The highest BCUT2D eigenvalue weighted by molar-refractivity contribution is 5.28. The predicted molar refractivity (Wildman–Crippen MR) is 84.1 cm³/mol. The molecule has 0 bridgehead atoms. The minimum Gasteiger partial charge on any atom is -0.497 e. The van der Waals surface area contributed by atoms with Crippen molar-refractivity contribution < 1.29 is 4.74 Å². The summed E-state index contributed by atoms with van der Waals surface area (Å²) < 4.78 is 5.30. The molecule has 0 heterocycles. The lowest BCUT2D eigenvalue weighted by Gasteiger charge is -2.43. The van der Waals surface area contributed by atoms with Crippen LogP contribution in [0.5, 0.6) is 5.75 Å². The van der Waals surface area contributed by atoms with Gasteiger partial charge in [-0.2, -0.15) is 0 Å². The molecule has 2 rings (SSSR count). The molecule has 1 fully saturated rings. The molecule has 3 nitrogen and oxygen atoms in total. The first-order valence-electron chi connectivity index (χ1n) is 7.78. The number of benzene rings is 1. The summed E-state index contributed by atoms with van der Waals surface area (Å²) in [6.07, 6.45) is 3.92. The fourth-order valence-corrected chi connectivity index (χ4v) is 3.01. The van der Waals surface area contributed by atoms with E-state index in [2.05, 4.69) is 42.4 Å². The molecule has 0 radical (unpaired) electrons. The van der Waals surface area contributed by atoms with Gasteiger partial charge in [0.25, 0.3) is 0 Å². The normalized spacial score (nSPS) is 21.8. The first-order valence-corrected chi connectivity index (χ1v) is 7.78. The number of hydrogen-bond donors (Lipinski definition) is 1. The van der Waals surface area contributed by atoms with Crippen molar-refractivity contribution >= 4 is 0 Å². The van der Waals surface area contributed by atoms with Crippen LogP contribution in [0.25, 0.3) is 0 Å². The molecule has 0 aliphatic heterocycles. The van der Waals surface area contributed by atoms with E-state index in [0.717, 1.165) is 30.8 Å². The smallest absolute Gasteiger partial charge is 0.119 e. The van der Waals surface area contributed by atoms with Gasteiger partial charge in [-0.25, -0.2) is 0 Å². The molecule has 112 valence electrons. The van der Waals surface area contributed by atoms with Gasteiger partial charge in [0.2, 0.25) is 0 Å². The molecule has 0 amide bonds. The molecule has 2 unspecified atom stereocenters. The lowest BCUT2D eigenvalue weighted by atomic mass is 9.78. The van der Waals surface area contributed by atoms with Gasteiger partial charge >= 0.3 is 0 Å². The van der Waals surface area contributed by atoms with Crippen molar-refractivity contribution in [1.82, 2.24) is 10.2 Å². The van der Waals surface area contributed by atoms with Crippen molar-refractivity contribution in [2.45, 2.75) is 38.8 Å². The highest BCUT2D eigenvalue weighted by Gasteiger charge is 2.33. The zero-order valence-corrected chi connectivity index (χ0v) is 13.1. The van der Waals surface area contributed by atoms with Crippen LogP contribution in [0, 0.1) is 5.92 Å². The SMILES string of the molecule is CCCNCC1CCC1N(C)Cc1cccc(OC)c1. The lowest BCUT2D eigenvalue weighted by Crippen LogP contribution is -2.48. The van der Waals surface area contributed by atoms with E-state index in [1.165, 1.54) is 31.4 Å². The van der Waals surface area contributed by atoms with Crippen molar-refractivity contribution in [2.24, 2.45) is 5.92 Å². The van der Waals surface area contributed by atoms with E-state index < -0.39 is 0 Å². The van der Waals surface area contributed by atoms with Gasteiger partial charge in [-0.3, -0.25) is 4.90 Å². The summed E-state index contributed by atoms with van der Waals surface area (Å²) in [5, 5.41) is 3.56. The standard InChI is InChI=1S/C17H28N2O/c1-4-10-18-12-15-8-9-17(15)19(2)13-14-6-5-7-16(11-14)20-3/h5-7,11,15,17-18H,4,8-10,12-13H2,1-3H3.